The van der Waals surface area contributed by atoms with Crippen LogP contribution in [-0.4, -0.2) is 28.9 Å². The first-order chi connectivity index (χ1) is 13.6. The first-order valence-corrected chi connectivity index (χ1v) is 9.85. The quantitative estimate of drug-likeness (QED) is 0.528. The van der Waals surface area contributed by atoms with Gasteiger partial charge >= 0.3 is 0 Å². The fourth-order valence-corrected chi connectivity index (χ4v) is 2.77. The number of carbonyl (C=O) groups excluding carboxylic acids is 1. The number of nitrogens with zero attached hydrogens (tertiary/aromatic N) is 2. The van der Waals surface area contributed by atoms with Crippen molar-refractivity contribution in [3.05, 3.63) is 70.8 Å². The molecule has 0 saturated heterocycles. The van der Waals surface area contributed by atoms with Crippen molar-refractivity contribution >= 4 is 27.7 Å². The highest BCUT2D eigenvalue weighted by molar-refractivity contribution is 9.10. The van der Waals surface area contributed by atoms with E-state index in [1.54, 1.807) is 29.1 Å². The highest BCUT2D eigenvalue weighted by atomic mass is 79.9. The van der Waals surface area contributed by atoms with E-state index in [4.69, 9.17) is 9.47 Å². The Bertz CT molecular complexity index is 892. The van der Waals surface area contributed by atoms with Crippen molar-refractivity contribution in [2.24, 2.45) is 0 Å². The summed E-state index contributed by atoms with van der Waals surface area (Å²) in [6.45, 7) is 3.21. The van der Waals surface area contributed by atoms with Crippen LogP contribution >= 0.6 is 15.9 Å². The first kappa shape index (κ1) is 19.9. The van der Waals surface area contributed by atoms with Crippen molar-refractivity contribution in [3.8, 4) is 11.5 Å². The zero-order valence-corrected chi connectivity index (χ0v) is 17.2. The van der Waals surface area contributed by atoms with E-state index in [1.807, 2.05) is 36.4 Å². The van der Waals surface area contributed by atoms with Gasteiger partial charge in [0, 0.05) is 10.5 Å². The lowest BCUT2D eigenvalue weighted by atomic mass is 10.2. The first-order valence-electron chi connectivity index (χ1n) is 9.06. The van der Waals surface area contributed by atoms with E-state index < -0.39 is 0 Å². The van der Waals surface area contributed by atoms with Crippen LogP contribution in [0, 0.1) is 0 Å². The van der Waals surface area contributed by atoms with Crippen molar-refractivity contribution in [1.82, 2.24) is 9.78 Å². The molecule has 2 aromatic carbocycles. The minimum atomic E-state index is -0.246. The molecule has 0 unspecified atom stereocenters. The number of benzene rings is 2. The number of aromatic nitrogens is 2. The third kappa shape index (κ3) is 5.85. The van der Waals surface area contributed by atoms with Crippen molar-refractivity contribution in [1.29, 1.82) is 0 Å². The lowest BCUT2D eigenvalue weighted by molar-refractivity contribution is -0.118. The van der Waals surface area contributed by atoms with Crippen molar-refractivity contribution in [2.45, 2.75) is 19.9 Å². The number of amides is 1. The molecule has 0 bridgehead atoms. The highest BCUT2D eigenvalue weighted by Gasteiger charge is 2.09. The van der Waals surface area contributed by atoms with Crippen molar-refractivity contribution in [3.63, 3.8) is 0 Å². The summed E-state index contributed by atoms with van der Waals surface area (Å²) in [5.41, 5.74) is 1.09. The maximum absolute atomic E-state index is 12.2. The molecule has 0 saturated carbocycles. The molecule has 0 aliphatic rings. The lowest BCUT2D eigenvalue weighted by Gasteiger charge is -2.11. The smallest absolute Gasteiger partial charge is 0.263 e. The van der Waals surface area contributed by atoms with Gasteiger partial charge in [0.1, 0.15) is 17.3 Å². The molecule has 0 spiro atoms. The number of anilines is 1. The second-order valence-electron chi connectivity index (χ2n) is 6.16. The summed E-state index contributed by atoms with van der Waals surface area (Å²) in [7, 11) is 0. The van der Waals surface area contributed by atoms with Crippen LogP contribution in [-0.2, 0) is 11.3 Å². The Morgan fingerprint density at radius 3 is 2.39 bits per heavy atom. The van der Waals surface area contributed by atoms with Gasteiger partial charge in [-0.25, -0.2) is 4.68 Å². The number of hydrogen-bond acceptors (Lipinski definition) is 4. The molecule has 0 atom stereocenters. The molecule has 28 heavy (non-hydrogen) atoms. The van der Waals surface area contributed by atoms with E-state index in [1.165, 1.54) is 0 Å². The molecule has 1 amide bonds. The lowest BCUT2D eigenvalue weighted by Crippen LogP contribution is -2.22. The van der Waals surface area contributed by atoms with Gasteiger partial charge in [0.25, 0.3) is 5.91 Å². The Kier molecular flexibility index (Phi) is 7.08. The van der Waals surface area contributed by atoms with Crippen LogP contribution in [0.2, 0.25) is 0 Å². The molecule has 1 N–H and O–H groups in total. The molecule has 0 aliphatic heterocycles. The summed E-state index contributed by atoms with van der Waals surface area (Å²) in [6, 6.07) is 17.0. The maximum atomic E-state index is 12.2. The van der Waals surface area contributed by atoms with Gasteiger partial charge in [0.05, 0.1) is 19.3 Å². The summed E-state index contributed by atoms with van der Waals surface area (Å²) in [4.78, 5) is 12.2. The standard InChI is InChI=1S/C21H22BrN3O3/c1-2-13-27-18-7-9-19(10-8-18)28-15-21(26)24-20-11-12-23-25(20)14-16-3-5-17(22)6-4-16/h3-12H,2,13-15H2,1H3,(H,24,26). The summed E-state index contributed by atoms with van der Waals surface area (Å²) >= 11 is 3.42. The molecular formula is C21H22BrN3O3. The molecule has 1 heterocycles. The van der Waals surface area contributed by atoms with Crippen LogP contribution in [0.4, 0.5) is 5.82 Å². The van der Waals surface area contributed by atoms with E-state index in [0.717, 1.165) is 22.2 Å². The molecule has 3 rings (SSSR count). The third-order valence-electron chi connectivity index (χ3n) is 3.90. The average Bonchev–Trinajstić information content (AvgIpc) is 3.14. The molecular weight excluding hydrogens is 422 g/mol. The second-order valence-corrected chi connectivity index (χ2v) is 7.07. The zero-order valence-electron chi connectivity index (χ0n) is 15.6. The van der Waals surface area contributed by atoms with Crippen LogP contribution in [0.3, 0.4) is 0 Å². The van der Waals surface area contributed by atoms with Gasteiger partial charge in [0.15, 0.2) is 6.61 Å². The Balaban J connectivity index is 1.51. The van der Waals surface area contributed by atoms with Crippen LogP contribution in [0.25, 0.3) is 0 Å². The number of rotatable bonds is 9. The van der Waals surface area contributed by atoms with Gasteiger partial charge in [-0.2, -0.15) is 5.10 Å². The summed E-state index contributed by atoms with van der Waals surface area (Å²) < 4.78 is 13.8. The largest absolute Gasteiger partial charge is 0.494 e. The maximum Gasteiger partial charge on any atom is 0.263 e. The van der Waals surface area contributed by atoms with Crippen LogP contribution < -0.4 is 14.8 Å². The highest BCUT2D eigenvalue weighted by Crippen LogP contribution is 2.18. The molecule has 3 aromatic rings. The number of halogens is 1. The molecule has 0 radical (unpaired) electrons. The predicted octanol–water partition coefficient (Wildman–Crippen LogP) is 4.50. The second kappa shape index (κ2) is 9.94. The van der Waals surface area contributed by atoms with E-state index >= 15 is 0 Å². The number of hydrogen-bond donors (Lipinski definition) is 1. The minimum Gasteiger partial charge on any atom is -0.494 e. The topological polar surface area (TPSA) is 65.4 Å². The van der Waals surface area contributed by atoms with E-state index in [9.17, 15) is 4.79 Å². The average molecular weight is 444 g/mol. The zero-order chi connectivity index (χ0) is 19.8. The van der Waals surface area contributed by atoms with Gasteiger partial charge in [-0.3, -0.25) is 4.79 Å². The summed E-state index contributed by atoms with van der Waals surface area (Å²) in [6.07, 6.45) is 2.61. The summed E-state index contributed by atoms with van der Waals surface area (Å²) in [5, 5.41) is 7.11. The van der Waals surface area contributed by atoms with Gasteiger partial charge < -0.3 is 14.8 Å². The van der Waals surface area contributed by atoms with E-state index in [-0.39, 0.29) is 12.5 Å². The van der Waals surface area contributed by atoms with Gasteiger partial charge in [-0.15, -0.1) is 0 Å². The predicted molar refractivity (Wildman–Crippen MR) is 112 cm³/mol. The molecule has 0 aliphatic carbocycles. The van der Waals surface area contributed by atoms with Gasteiger partial charge in [-0.05, 0) is 48.4 Å². The van der Waals surface area contributed by atoms with Crippen molar-refractivity contribution in [2.75, 3.05) is 18.5 Å². The fourth-order valence-electron chi connectivity index (χ4n) is 2.51. The number of carbonyl (C=O) groups is 1. The molecule has 7 heteroatoms. The Hall–Kier alpha value is -2.80. The Labute approximate surface area is 172 Å². The molecule has 0 fully saturated rings. The van der Waals surface area contributed by atoms with E-state index in [2.05, 4.69) is 33.3 Å². The normalized spacial score (nSPS) is 10.5. The van der Waals surface area contributed by atoms with Gasteiger partial charge in [0.2, 0.25) is 0 Å². The SMILES string of the molecule is CCCOc1ccc(OCC(=O)Nc2ccnn2Cc2ccc(Br)cc2)cc1. The van der Waals surface area contributed by atoms with Crippen LogP contribution in [0.1, 0.15) is 18.9 Å². The molecule has 1 aromatic heterocycles. The monoisotopic (exact) mass is 443 g/mol. The van der Waals surface area contributed by atoms with Crippen molar-refractivity contribution < 1.29 is 14.3 Å². The summed E-state index contributed by atoms with van der Waals surface area (Å²) in [5.74, 6) is 1.78. The minimum absolute atomic E-state index is 0.0847. The molecule has 6 nitrogen and oxygen atoms in total. The Morgan fingerprint density at radius 1 is 1.04 bits per heavy atom. The number of nitrogens with one attached hydrogen (secondary N) is 1. The fraction of sp³-hybridized carbons (Fsp3) is 0.238. The van der Waals surface area contributed by atoms with Crippen LogP contribution in [0.15, 0.2) is 65.3 Å². The van der Waals surface area contributed by atoms with Crippen LogP contribution in [0.5, 0.6) is 11.5 Å². The van der Waals surface area contributed by atoms with E-state index in [0.29, 0.717) is 24.7 Å². The Morgan fingerprint density at radius 2 is 1.71 bits per heavy atom. The number of ether oxygens (including phenoxy) is 2. The third-order valence-corrected chi connectivity index (χ3v) is 4.42. The van der Waals surface area contributed by atoms with Gasteiger partial charge in [-0.1, -0.05) is 35.0 Å². The molecule has 146 valence electrons.